The molecule has 0 saturated heterocycles. The zero-order valence-electron chi connectivity index (χ0n) is 7.23. The summed E-state index contributed by atoms with van der Waals surface area (Å²) in [6, 6.07) is 7.04. The van der Waals surface area contributed by atoms with Gasteiger partial charge >= 0.3 is 0 Å². The van der Waals surface area contributed by atoms with Gasteiger partial charge in [0.05, 0.1) is 11.2 Å². The molecular weight excluding hydrogens is 200 g/mol. The number of Topliss-reactive ketones (excluding diaryl/α,β-unsaturated/α-hetero) is 1. The van der Waals surface area contributed by atoms with Crippen molar-refractivity contribution in [1.82, 2.24) is 0 Å². The smallest absolute Gasteiger partial charge is 0.165 e. The average Bonchev–Trinajstić information content (AvgIpc) is 2.17. The Morgan fingerprint density at radius 1 is 1.43 bits per heavy atom. The third kappa shape index (κ3) is 1.53. The van der Waals surface area contributed by atoms with E-state index in [1.165, 1.54) is 11.8 Å². The van der Waals surface area contributed by atoms with Gasteiger partial charge in [0.15, 0.2) is 5.78 Å². The lowest BCUT2D eigenvalue weighted by Crippen LogP contribution is -2.36. The topological polar surface area (TPSA) is 57.2 Å². The summed E-state index contributed by atoms with van der Waals surface area (Å²) in [5.74, 6) is -1.29. The van der Waals surface area contributed by atoms with Crippen molar-refractivity contribution in [2.45, 2.75) is 16.6 Å². The zero-order chi connectivity index (χ0) is 10.1. The molecule has 0 radical (unpaired) electrons. The SMILES string of the molecule is O=C1C[C@@H](C(=O)[O-])Sc2ccccc21. The Kier molecular flexibility index (Phi) is 2.29. The molecule has 0 unspecified atom stereocenters. The first-order valence-corrected chi connectivity index (χ1v) is 5.06. The predicted octanol–water partition coefficient (Wildman–Crippen LogP) is 0.484. The number of carboxylic acids is 1. The minimum Gasteiger partial charge on any atom is -0.549 e. The Morgan fingerprint density at radius 3 is 2.86 bits per heavy atom. The van der Waals surface area contributed by atoms with E-state index in [-0.39, 0.29) is 12.2 Å². The molecule has 2 rings (SSSR count). The largest absolute Gasteiger partial charge is 0.549 e. The molecular formula is C10H7O3S-. The molecule has 0 saturated carbocycles. The maximum Gasteiger partial charge on any atom is 0.165 e. The first-order valence-electron chi connectivity index (χ1n) is 4.18. The van der Waals surface area contributed by atoms with Gasteiger partial charge in [0.1, 0.15) is 0 Å². The number of carboxylic acid groups (broad SMARTS) is 1. The number of fused-ring (bicyclic) bond motifs is 1. The van der Waals surface area contributed by atoms with E-state index in [4.69, 9.17) is 0 Å². The Morgan fingerprint density at radius 2 is 2.14 bits per heavy atom. The second kappa shape index (κ2) is 3.46. The van der Waals surface area contributed by atoms with Crippen molar-refractivity contribution < 1.29 is 14.7 Å². The van der Waals surface area contributed by atoms with Crippen molar-refractivity contribution in [3.05, 3.63) is 29.8 Å². The van der Waals surface area contributed by atoms with Gasteiger partial charge in [-0.3, -0.25) is 4.79 Å². The highest BCUT2D eigenvalue weighted by atomic mass is 32.2. The molecule has 72 valence electrons. The monoisotopic (exact) mass is 207 g/mol. The van der Waals surface area contributed by atoms with E-state index in [0.717, 1.165) is 4.90 Å². The number of carbonyl (C=O) groups excluding carboxylic acids is 2. The van der Waals surface area contributed by atoms with E-state index in [1.54, 1.807) is 24.3 Å². The quantitative estimate of drug-likeness (QED) is 0.672. The normalized spacial score (nSPS) is 20.3. The second-order valence-electron chi connectivity index (χ2n) is 3.05. The van der Waals surface area contributed by atoms with Gasteiger partial charge in [-0.2, -0.15) is 0 Å². The molecule has 1 aromatic carbocycles. The zero-order valence-corrected chi connectivity index (χ0v) is 8.04. The maximum absolute atomic E-state index is 11.5. The summed E-state index contributed by atoms with van der Waals surface area (Å²) >= 11 is 1.19. The van der Waals surface area contributed by atoms with Crippen LogP contribution in [-0.4, -0.2) is 17.0 Å². The summed E-state index contributed by atoms with van der Waals surface area (Å²) in [7, 11) is 0. The molecule has 0 amide bonds. The van der Waals surface area contributed by atoms with Gasteiger partial charge in [-0.25, -0.2) is 0 Å². The molecule has 1 aliphatic rings. The fraction of sp³-hybridized carbons (Fsp3) is 0.200. The summed E-state index contributed by atoms with van der Waals surface area (Å²) in [6.45, 7) is 0. The first kappa shape index (κ1) is 9.27. The number of thioether (sulfide) groups is 1. The average molecular weight is 207 g/mol. The molecule has 0 aromatic heterocycles. The van der Waals surface area contributed by atoms with Crippen LogP contribution >= 0.6 is 11.8 Å². The van der Waals surface area contributed by atoms with E-state index in [0.29, 0.717) is 5.56 Å². The Hall–Kier alpha value is -1.29. The number of carbonyl (C=O) groups is 2. The van der Waals surface area contributed by atoms with Gasteiger partial charge in [-0.05, 0) is 6.07 Å². The Labute approximate surface area is 85.1 Å². The number of ketones is 1. The van der Waals surface area contributed by atoms with Crippen LogP contribution in [0, 0.1) is 0 Å². The van der Waals surface area contributed by atoms with Crippen molar-refractivity contribution in [2.24, 2.45) is 0 Å². The molecule has 3 nitrogen and oxygen atoms in total. The van der Waals surface area contributed by atoms with Gasteiger partial charge in [0, 0.05) is 16.9 Å². The van der Waals surface area contributed by atoms with Gasteiger partial charge < -0.3 is 9.90 Å². The molecule has 0 aliphatic carbocycles. The molecule has 14 heavy (non-hydrogen) atoms. The molecule has 4 heteroatoms. The fourth-order valence-corrected chi connectivity index (χ4v) is 2.51. The summed E-state index contributed by atoms with van der Waals surface area (Å²) in [5.41, 5.74) is 0.620. The molecule has 0 bridgehead atoms. The van der Waals surface area contributed by atoms with Gasteiger partial charge in [0.25, 0.3) is 0 Å². The Bertz CT molecular complexity index is 400. The van der Waals surface area contributed by atoms with Crippen LogP contribution < -0.4 is 5.11 Å². The van der Waals surface area contributed by atoms with Crippen molar-refractivity contribution in [2.75, 3.05) is 0 Å². The van der Waals surface area contributed by atoms with Crippen LogP contribution in [0.3, 0.4) is 0 Å². The predicted molar refractivity (Wildman–Crippen MR) is 50.0 cm³/mol. The number of hydrogen-bond acceptors (Lipinski definition) is 4. The molecule has 0 fully saturated rings. The lowest BCUT2D eigenvalue weighted by atomic mass is 10.1. The molecule has 1 aliphatic heterocycles. The standard InChI is InChI=1S/C10H8O3S/c11-7-5-9(10(12)13)14-8-4-2-1-3-6(7)8/h1-4,9H,5H2,(H,12,13)/p-1/t9-/m0/s1. The van der Waals surface area contributed by atoms with Crippen molar-refractivity contribution in [3.8, 4) is 0 Å². The number of benzene rings is 1. The highest BCUT2D eigenvalue weighted by Crippen LogP contribution is 2.34. The van der Waals surface area contributed by atoms with E-state index in [2.05, 4.69) is 0 Å². The fourth-order valence-electron chi connectivity index (χ4n) is 1.40. The van der Waals surface area contributed by atoms with Gasteiger partial charge in [0.2, 0.25) is 0 Å². The van der Waals surface area contributed by atoms with Crippen LogP contribution in [-0.2, 0) is 4.79 Å². The van der Waals surface area contributed by atoms with Crippen LogP contribution in [0.1, 0.15) is 16.8 Å². The van der Waals surface area contributed by atoms with E-state index < -0.39 is 11.2 Å². The third-order valence-electron chi connectivity index (χ3n) is 2.09. The van der Waals surface area contributed by atoms with Crippen molar-refractivity contribution in [1.29, 1.82) is 0 Å². The lowest BCUT2D eigenvalue weighted by molar-refractivity contribution is -0.304. The van der Waals surface area contributed by atoms with E-state index in [1.807, 2.05) is 0 Å². The molecule has 1 atom stereocenters. The second-order valence-corrected chi connectivity index (χ2v) is 4.29. The van der Waals surface area contributed by atoms with Crippen LogP contribution in [0.25, 0.3) is 0 Å². The van der Waals surface area contributed by atoms with Crippen molar-refractivity contribution >= 4 is 23.5 Å². The highest BCUT2D eigenvalue weighted by molar-refractivity contribution is 8.00. The number of hydrogen-bond donors (Lipinski definition) is 0. The lowest BCUT2D eigenvalue weighted by Gasteiger charge is -2.23. The van der Waals surface area contributed by atoms with Gasteiger partial charge in [-0.1, -0.05) is 18.2 Å². The first-order chi connectivity index (χ1) is 6.68. The van der Waals surface area contributed by atoms with E-state index in [9.17, 15) is 14.7 Å². The third-order valence-corrected chi connectivity index (χ3v) is 3.34. The number of rotatable bonds is 1. The summed E-state index contributed by atoms with van der Waals surface area (Å²) in [4.78, 5) is 22.9. The molecule has 1 heterocycles. The summed E-state index contributed by atoms with van der Waals surface area (Å²) < 4.78 is 0. The summed E-state index contributed by atoms with van der Waals surface area (Å²) in [6.07, 6.45) is 0.0318. The van der Waals surface area contributed by atoms with Crippen LogP contribution in [0.2, 0.25) is 0 Å². The highest BCUT2D eigenvalue weighted by Gasteiger charge is 2.25. The minimum absolute atomic E-state index is 0.0318. The van der Waals surface area contributed by atoms with Crippen LogP contribution in [0.15, 0.2) is 29.2 Å². The van der Waals surface area contributed by atoms with Crippen LogP contribution in [0.5, 0.6) is 0 Å². The molecule has 0 spiro atoms. The minimum atomic E-state index is -1.17. The molecule has 1 aromatic rings. The summed E-state index contributed by atoms with van der Waals surface area (Å²) in [5, 5.41) is 9.89. The Balaban J connectivity index is 2.38. The van der Waals surface area contributed by atoms with Gasteiger partial charge in [-0.15, -0.1) is 11.8 Å². The molecule has 0 N–H and O–H groups in total. The van der Waals surface area contributed by atoms with E-state index >= 15 is 0 Å². The van der Waals surface area contributed by atoms with Crippen LogP contribution in [0.4, 0.5) is 0 Å². The van der Waals surface area contributed by atoms with Crippen molar-refractivity contribution in [3.63, 3.8) is 0 Å². The number of aliphatic carboxylic acids is 1. The maximum atomic E-state index is 11.5.